The normalized spacial score (nSPS) is 28.4. The van der Waals surface area contributed by atoms with Gasteiger partial charge in [-0.05, 0) is 49.9 Å². The molecular formula is C16H30N2O2. The minimum absolute atomic E-state index is 0.0440. The van der Waals surface area contributed by atoms with E-state index in [1.54, 1.807) is 0 Å². The van der Waals surface area contributed by atoms with Crippen LogP contribution in [-0.2, 0) is 0 Å². The first kappa shape index (κ1) is 15.6. The fourth-order valence-electron chi connectivity index (χ4n) is 3.62. The molecule has 2 rings (SSSR count). The Morgan fingerprint density at radius 3 is 2.30 bits per heavy atom. The van der Waals surface area contributed by atoms with Crippen molar-refractivity contribution in [1.29, 1.82) is 0 Å². The minimum Gasteiger partial charge on any atom is -0.393 e. The molecule has 3 N–H and O–H groups in total. The molecule has 0 radical (unpaired) electrons. The molecule has 0 heterocycles. The standard InChI is InChI=1S/C16H30N2O2/c1-16(2,12-5-3-4-6-12)11-17-15(20)18-13-7-9-14(19)10-8-13/h12-14,19H,3-11H2,1-2H3,(H2,17,18,20). The van der Waals surface area contributed by atoms with Gasteiger partial charge in [0, 0.05) is 12.6 Å². The summed E-state index contributed by atoms with van der Waals surface area (Å²) in [5, 5.41) is 15.6. The Bertz CT molecular complexity index is 316. The maximum absolute atomic E-state index is 12.0. The summed E-state index contributed by atoms with van der Waals surface area (Å²) in [6.07, 6.45) is 8.50. The Morgan fingerprint density at radius 2 is 1.70 bits per heavy atom. The summed E-state index contributed by atoms with van der Waals surface area (Å²) in [6, 6.07) is 0.186. The highest BCUT2D eigenvalue weighted by Crippen LogP contribution is 2.38. The van der Waals surface area contributed by atoms with Gasteiger partial charge in [-0.3, -0.25) is 0 Å². The van der Waals surface area contributed by atoms with Crippen LogP contribution in [0.5, 0.6) is 0 Å². The van der Waals surface area contributed by atoms with E-state index in [1.165, 1.54) is 25.7 Å². The second-order valence-electron chi connectivity index (χ2n) is 7.30. The zero-order valence-corrected chi connectivity index (χ0v) is 13.0. The van der Waals surface area contributed by atoms with Crippen LogP contribution in [-0.4, -0.2) is 29.8 Å². The van der Waals surface area contributed by atoms with E-state index in [1.807, 2.05) is 0 Å². The van der Waals surface area contributed by atoms with Crippen molar-refractivity contribution in [3.05, 3.63) is 0 Å². The molecule has 0 saturated heterocycles. The molecule has 0 aliphatic heterocycles. The van der Waals surface area contributed by atoms with Crippen LogP contribution < -0.4 is 10.6 Å². The lowest BCUT2D eigenvalue weighted by atomic mass is 9.78. The van der Waals surface area contributed by atoms with E-state index in [0.717, 1.165) is 38.1 Å². The molecule has 4 heteroatoms. The molecular weight excluding hydrogens is 252 g/mol. The summed E-state index contributed by atoms with van der Waals surface area (Å²) >= 11 is 0. The average Bonchev–Trinajstić information content (AvgIpc) is 2.94. The first-order chi connectivity index (χ1) is 9.47. The van der Waals surface area contributed by atoms with Gasteiger partial charge in [0.1, 0.15) is 0 Å². The lowest BCUT2D eigenvalue weighted by Gasteiger charge is -2.32. The molecule has 0 unspecified atom stereocenters. The molecule has 0 atom stereocenters. The summed E-state index contributed by atoms with van der Waals surface area (Å²) in [7, 11) is 0. The summed E-state index contributed by atoms with van der Waals surface area (Å²) < 4.78 is 0. The van der Waals surface area contributed by atoms with Crippen molar-refractivity contribution >= 4 is 6.03 Å². The molecule has 4 nitrogen and oxygen atoms in total. The third kappa shape index (κ3) is 4.37. The van der Waals surface area contributed by atoms with E-state index in [2.05, 4.69) is 24.5 Å². The van der Waals surface area contributed by atoms with Crippen LogP contribution in [0.4, 0.5) is 4.79 Å². The number of carbonyl (C=O) groups excluding carboxylic acids is 1. The number of nitrogens with one attached hydrogen (secondary N) is 2. The van der Waals surface area contributed by atoms with E-state index >= 15 is 0 Å². The predicted molar refractivity (Wildman–Crippen MR) is 80.5 cm³/mol. The Labute approximate surface area is 122 Å². The third-order valence-electron chi connectivity index (χ3n) is 5.20. The first-order valence-electron chi connectivity index (χ1n) is 8.20. The lowest BCUT2D eigenvalue weighted by Crippen LogP contribution is -2.47. The van der Waals surface area contributed by atoms with Crippen molar-refractivity contribution < 1.29 is 9.90 Å². The Hall–Kier alpha value is -0.770. The SMILES string of the molecule is CC(C)(CNC(=O)NC1CCC(O)CC1)C1CCCC1. The number of aliphatic hydroxyl groups is 1. The highest BCUT2D eigenvalue weighted by molar-refractivity contribution is 5.74. The number of urea groups is 1. The maximum Gasteiger partial charge on any atom is 0.315 e. The van der Waals surface area contributed by atoms with Gasteiger partial charge in [-0.2, -0.15) is 0 Å². The second kappa shape index (κ2) is 6.79. The van der Waals surface area contributed by atoms with Gasteiger partial charge in [0.2, 0.25) is 0 Å². The zero-order chi connectivity index (χ0) is 14.6. The lowest BCUT2D eigenvalue weighted by molar-refractivity contribution is 0.117. The maximum atomic E-state index is 12.0. The van der Waals surface area contributed by atoms with Gasteiger partial charge in [-0.25, -0.2) is 4.79 Å². The summed E-state index contributed by atoms with van der Waals surface area (Å²) in [4.78, 5) is 12.0. The van der Waals surface area contributed by atoms with E-state index in [4.69, 9.17) is 0 Å². The van der Waals surface area contributed by atoms with Crippen molar-refractivity contribution in [2.45, 2.75) is 77.4 Å². The second-order valence-corrected chi connectivity index (χ2v) is 7.30. The molecule has 0 aromatic carbocycles. The number of rotatable bonds is 4. The molecule has 0 aromatic heterocycles. The quantitative estimate of drug-likeness (QED) is 0.742. The molecule has 2 aliphatic rings. The van der Waals surface area contributed by atoms with Gasteiger partial charge in [0.25, 0.3) is 0 Å². The predicted octanol–water partition coefficient (Wildman–Crippen LogP) is 2.81. The van der Waals surface area contributed by atoms with Crippen LogP contribution in [0.15, 0.2) is 0 Å². The van der Waals surface area contributed by atoms with Gasteiger partial charge in [-0.15, -0.1) is 0 Å². The first-order valence-corrected chi connectivity index (χ1v) is 8.20. The van der Waals surface area contributed by atoms with Crippen molar-refractivity contribution in [3.8, 4) is 0 Å². The van der Waals surface area contributed by atoms with Gasteiger partial charge in [-0.1, -0.05) is 26.7 Å². The van der Waals surface area contributed by atoms with Gasteiger partial charge in [0.05, 0.1) is 6.10 Å². The largest absolute Gasteiger partial charge is 0.393 e. The summed E-state index contributed by atoms with van der Waals surface area (Å²) in [5.41, 5.74) is 0.191. The van der Waals surface area contributed by atoms with Crippen LogP contribution in [0, 0.1) is 11.3 Å². The van der Waals surface area contributed by atoms with Crippen LogP contribution in [0.2, 0.25) is 0 Å². The Morgan fingerprint density at radius 1 is 1.10 bits per heavy atom. The highest BCUT2D eigenvalue weighted by atomic mass is 16.3. The zero-order valence-electron chi connectivity index (χ0n) is 13.0. The smallest absolute Gasteiger partial charge is 0.315 e. The Kier molecular flexibility index (Phi) is 5.30. The van der Waals surface area contributed by atoms with E-state index in [0.29, 0.717) is 0 Å². The molecule has 2 aliphatic carbocycles. The summed E-state index contributed by atoms with van der Waals surface area (Å²) in [5.74, 6) is 0.743. The van der Waals surface area contributed by atoms with E-state index < -0.39 is 0 Å². The van der Waals surface area contributed by atoms with Crippen LogP contribution in [0.3, 0.4) is 0 Å². The van der Waals surface area contributed by atoms with Gasteiger partial charge in [0.15, 0.2) is 0 Å². The Balaban J connectivity index is 1.69. The van der Waals surface area contributed by atoms with Crippen molar-refractivity contribution in [2.75, 3.05) is 6.54 Å². The molecule has 2 saturated carbocycles. The van der Waals surface area contributed by atoms with Crippen LogP contribution >= 0.6 is 0 Å². The molecule has 0 spiro atoms. The van der Waals surface area contributed by atoms with Crippen LogP contribution in [0.1, 0.15) is 65.2 Å². The average molecular weight is 282 g/mol. The highest BCUT2D eigenvalue weighted by Gasteiger charge is 2.32. The molecule has 116 valence electrons. The van der Waals surface area contributed by atoms with Crippen LogP contribution in [0.25, 0.3) is 0 Å². The fourth-order valence-corrected chi connectivity index (χ4v) is 3.62. The van der Waals surface area contributed by atoms with E-state index in [-0.39, 0.29) is 23.6 Å². The third-order valence-corrected chi connectivity index (χ3v) is 5.20. The van der Waals surface area contributed by atoms with Crippen molar-refractivity contribution in [1.82, 2.24) is 10.6 Å². The fraction of sp³-hybridized carbons (Fsp3) is 0.938. The summed E-state index contributed by atoms with van der Waals surface area (Å²) in [6.45, 7) is 5.28. The minimum atomic E-state index is -0.169. The number of carbonyl (C=O) groups is 1. The number of hydrogen-bond donors (Lipinski definition) is 3. The van der Waals surface area contributed by atoms with E-state index in [9.17, 15) is 9.90 Å². The van der Waals surface area contributed by atoms with Crippen molar-refractivity contribution in [3.63, 3.8) is 0 Å². The van der Waals surface area contributed by atoms with Gasteiger partial charge < -0.3 is 15.7 Å². The number of aliphatic hydroxyl groups excluding tert-OH is 1. The number of hydrogen-bond acceptors (Lipinski definition) is 2. The van der Waals surface area contributed by atoms with Gasteiger partial charge >= 0.3 is 6.03 Å². The topological polar surface area (TPSA) is 61.4 Å². The number of amides is 2. The molecule has 2 amide bonds. The molecule has 2 fully saturated rings. The van der Waals surface area contributed by atoms with Crippen molar-refractivity contribution in [2.24, 2.45) is 11.3 Å². The monoisotopic (exact) mass is 282 g/mol. The molecule has 0 aromatic rings. The molecule has 20 heavy (non-hydrogen) atoms. The molecule has 0 bridgehead atoms.